The van der Waals surface area contributed by atoms with Crippen LogP contribution in [0.25, 0.3) is 11.3 Å². The van der Waals surface area contributed by atoms with Crippen LogP contribution in [0.3, 0.4) is 0 Å². The zero-order valence-electron chi connectivity index (χ0n) is 17.8. The van der Waals surface area contributed by atoms with Crippen molar-refractivity contribution in [2.75, 3.05) is 5.32 Å². The van der Waals surface area contributed by atoms with E-state index in [0.29, 0.717) is 11.4 Å². The SMILES string of the molecule is Cn1c(-c2ccc(Cl)cc2)cnc1Sc1ccc(C2C3=C(CCCC3=O)Nc3[nH]ncc32)o1. The fourth-order valence-electron chi connectivity index (χ4n) is 4.56. The Morgan fingerprint density at radius 3 is 2.85 bits per heavy atom. The van der Waals surface area contributed by atoms with Crippen LogP contribution in [-0.2, 0) is 11.8 Å². The Morgan fingerprint density at radius 1 is 1.15 bits per heavy atom. The molecule has 4 heterocycles. The molecule has 0 bridgehead atoms. The van der Waals surface area contributed by atoms with Crippen molar-refractivity contribution < 1.29 is 9.21 Å². The lowest BCUT2D eigenvalue weighted by Crippen LogP contribution is -2.26. The highest BCUT2D eigenvalue weighted by atomic mass is 35.5. The maximum Gasteiger partial charge on any atom is 0.176 e. The molecule has 4 aromatic rings. The lowest BCUT2D eigenvalue weighted by atomic mass is 9.79. The van der Waals surface area contributed by atoms with Crippen LogP contribution in [0, 0.1) is 0 Å². The predicted molar refractivity (Wildman–Crippen MR) is 126 cm³/mol. The number of anilines is 1. The summed E-state index contributed by atoms with van der Waals surface area (Å²) in [6.07, 6.45) is 5.88. The number of halogens is 1. The molecule has 6 rings (SSSR count). The molecule has 3 aromatic heterocycles. The van der Waals surface area contributed by atoms with E-state index in [1.807, 2.05) is 54.2 Å². The van der Waals surface area contributed by atoms with Gasteiger partial charge in [0.1, 0.15) is 11.6 Å². The number of carbonyl (C=O) groups excluding carboxylic acids is 1. The van der Waals surface area contributed by atoms with Gasteiger partial charge in [0, 0.05) is 35.3 Å². The van der Waals surface area contributed by atoms with Gasteiger partial charge in [0.05, 0.1) is 24.0 Å². The van der Waals surface area contributed by atoms with Crippen molar-refractivity contribution in [2.45, 2.75) is 35.4 Å². The summed E-state index contributed by atoms with van der Waals surface area (Å²) < 4.78 is 8.30. The molecule has 1 aliphatic carbocycles. The maximum absolute atomic E-state index is 12.8. The number of Topliss-reactive ketones (excluding diaryl/α,β-unsaturated/α-hetero) is 1. The number of nitrogens with zero attached hydrogens (tertiary/aromatic N) is 3. The number of nitrogens with one attached hydrogen (secondary N) is 2. The summed E-state index contributed by atoms with van der Waals surface area (Å²) in [5, 5.41) is 12.8. The summed E-state index contributed by atoms with van der Waals surface area (Å²) in [7, 11) is 1.98. The van der Waals surface area contributed by atoms with Crippen molar-refractivity contribution in [3.05, 3.63) is 76.4 Å². The first-order valence-corrected chi connectivity index (χ1v) is 11.9. The Balaban J connectivity index is 1.32. The van der Waals surface area contributed by atoms with Gasteiger partial charge in [-0.1, -0.05) is 23.7 Å². The highest BCUT2D eigenvalue weighted by molar-refractivity contribution is 7.99. The highest BCUT2D eigenvalue weighted by Gasteiger charge is 2.37. The molecule has 33 heavy (non-hydrogen) atoms. The Labute approximate surface area is 199 Å². The Bertz CT molecular complexity index is 1400. The molecule has 1 aliphatic heterocycles. The van der Waals surface area contributed by atoms with Gasteiger partial charge in [-0.15, -0.1) is 0 Å². The second-order valence-electron chi connectivity index (χ2n) is 8.18. The monoisotopic (exact) mass is 477 g/mol. The number of aromatic nitrogens is 4. The number of aromatic amines is 1. The maximum atomic E-state index is 12.8. The molecule has 2 aliphatic rings. The van der Waals surface area contributed by atoms with Gasteiger partial charge in [-0.25, -0.2) is 4.98 Å². The van der Waals surface area contributed by atoms with Crippen molar-refractivity contribution in [1.82, 2.24) is 19.7 Å². The molecule has 0 radical (unpaired) electrons. The van der Waals surface area contributed by atoms with Crippen LogP contribution in [-0.4, -0.2) is 25.5 Å². The number of ketones is 1. The zero-order chi connectivity index (χ0) is 22.5. The van der Waals surface area contributed by atoms with Crippen LogP contribution in [0.4, 0.5) is 5.82 Å². The smallest absolute Gasteiger partial charge is 0.176 e. The average molecular weight is 478 g/mol. The van der Waals surface area contributed by atoms with E-state index in [1.54, 1.807) is 6.20 Å². The van der Waals surface area contributed by atoms with E-state index in [0.717, 1.165) is 62.8 Å². The molecule has 7 nitrogen and oxygen atoms in total. The minimum Gasteiger partial charge on any atom is -0.453 e. The Hall–Kier alpha value is -3.23. The number of rotatable bonds is 4. The number of hydrogen-bond acceptors (Lipinski definition) is 6. The van der Waals surface area contributed by atoms with Gasteiger partial charge in [-0.3, -0.25) is 9.89 Å². The summed E-state index contributed by atoms with van der Waals surface area (Å²) >= 11 is 7.47. The summed E-state index contributed by atoms with van der Waals surface area (Å²) in [6, 6.07) is 11.6. The van der Waals surface area contributed by atoms with E-state index in [-0.39, 0.29) is 11.7 Å². The molecule has 0 amide bonds. The molecule has 1 atom stereocenters. The van der Waals surface area contributed by atoms with Gasteiger partial charge in [0.15, 0.2) is 16.0 Å². The van der Waals surface area contributed by atoms with Crippen molar-refractivity contribution in [3.8, 4) is 11.3 Å². The fourth-order valence-corrected chi connectivity index (χ4v) is 5.48. The van der Waals surface area contributed by atoms with Gasteiger partial charge >= 0.3 is 0 Å². The van der Waals surface area contributed by atoms with Gasteiger partial charge in [0.2, 0.25) is 0 Å². The first-order chi connectivity index (χ1) is 16.1. The molecule has 9 heteroatoms. The van der Waals surface area contributed by atoms with E-state index in [1.165, 1.54) is 11.8 Å². The van der Waals surface area contributed by atoms with Crippen molar-refractivity contribution in [1.29, 1.82) is 0 Å². The minimum atomic E-state index is -0.261. The van der Waals surface area contributed by atoms with Crippen LogP contribution in [0.1, 0.15) is 36.5 Å². The first kappa shape index (κ1) is 20.4. The standard InChI is InChI=1S/C24H20ClN5O2S/c1-30-17(13-5-7-14(25)8-6-13)12-26-24(30)33-20-10-9-19(32-20)21-15-11-27-29-23(15)28-16-3-2-4-18(31)22(16)21/h5-12,21H,2-4H2,1H3,(H2,27,28,29). The molecule has 0 spiro atoms. The van der Waals surface area contributed by atoms with Crippen LogP contribution in [0.2, 0.25) is 5.02 Å². The van der Waals surface area contributed by atoms with E-state index >= 15 is 0 Å². The lowest BCUT2D eigenvalue weighted by molar-refractivity contribution is -0.116. The summed E-state index contributed by atoms with van der Waals surface area (Å²) in [5.41, 5.74) is 4.72. The quantitative estimate of drug-likeness (QED) is 0.387. The van der Waals surface area contributed by atoms with E-state index in [2.05, 4.69) is 20.5 Å². The molecule has 1 unspecified atom stereocenters. The average Bonchev–Trinajstić information content (AvgIpc) is 3.55. The normalized spacial score (nSPS) is 17.6. The van der Waals surface area contributed by atoms with E-state index < -0.39 is 0 Å². The number of carbonyl (C=O) groups is 1. The second kappa shape index (κ2) is 7.97. The summed E-state index contributed by atoms with van der Waals surface area (Å²) in [6.45, 7) is 0. The van der Waals surface area contributed by atoms with Gasteiger partial charge in [-0.05, 0) is 54.4 Å². The van der Waals surface area contributed by atoms with E-state index in [9.17, 15) is 4.79 Å². The molecule has 1 aromatic carbocycles. The largest absolute Gasteiger partial charge is 0.453 e. The number of H-pyrrole nitrogens is 1. The molecular weight excluding hydrogens is 458 g/mol. The van der Waals surface area contributed by atoms with Crippen LogP contribution in [0.15, 0.2) is 74.7 Å². The fraction of sp³-hybridized carbons (Fsp3) is 0.208. The van der Waals surface area contributed by atoms with Crippen LogP contribution in [0.5, 0.6) is 0 Å². The number of fused-ring (bicyclic) bond motifs is 1. The number of imidazole rings is 1. The minimum absolute atomic E-state index is 0.169. The molecule has 2 N–H and O–H groups in total. The summed E-state index contributed by atoms with van der Waals surface area (Å²) in [4.78, 5) is 17.4. The van der Waals surface area contributed by atoms with Gasteiger partial charge in [0.25, 0.3) is 0 Å². The topological polar surface area (TPSA) is 88.7 Å². The second-order valence-corrected chi connectivity index (χ2v) is 9.59. The third kappa shape index (κ3) is 3.50. The Kier molecular flexibility index (Phi) is 4.92. The van der Waals surface area contributed by atoms with E-state index in [4.69, 9.17) is 16.0 Å². The van der Waals surface area contributed by atoms with Gasteiger partial charge in [-0.2, -0.15) is 5.10 Å². The molecule has 0 fully saturated rings. The Morgan fingerprint density at radius 2 is 2.00 bits per heavy atom. The van der Waals surface area contributed by atoms with Gasteiger partial charge < -0.3 is 14.3 Å². The molecule has 0 saturated heterocycles. The number of benzene rings is 1. The third-order valence-electron chi connectivity index (χ3n) is 6.16. The molecule has 0 saturated carbocycles. The summed E-state index contributed by atoms with van der Waals surface area (Å²) in [5.74, 6) is 1.47. The number of furan rings is 1. The number of allylic oxidation sites excluding steroid dienone is 2. The zero-order valence-corrected chi connectivity index (χ0v) is 19.3. The highest BCUT2D eigenvalue weighted by Crippen LogP contribution is 2.45. The van der Waals surface area contributed by atoms with Crippen LogP contribution >= 0.6 is 23.4 Å². The molecule has 166 valence electrons. The molecular formula is C24H20ClN5O2S. The van der Waals surface area contributed by atoms with Crippen molar-refractivity contribution in [2.24, 2.45) is 7.05 Å². The lowest BCUT2D eigenvalue weighted by Gasteiger charge is -2.30. The van der Waals surface area contributed by atoms with Crippen LogP contribution < -0.4 is 5.32 Å². The first-order valence-electron chi connectivity index (χ1n) is 10.7. The number of hydrogen-bond donors (Lipinski definition) is 2. The predicted octanol–water partition coefficient (Wildman–Crippen LogP) is 5.77. The van der Waals surface area contributed by atoms with Crippen molar-refractivity contribution >= 4 is 35.0 Å². The third-order valence-corrected chi connectivity index (χ3v) is 7.40. The van der Waals surface area contributed by atoms with Crippen molar-refractivity contribution in [3.63, 3.8) is 0 Å².